The summed E-state index contributed by atoms with van der Waals surface area (Å²) in [6, 6.07) is 11.6. The molecule has 0 saturated carbocycles. The Balaban J connectivity index is 2.44. The van der Waals surface area contributed by atoms with Crippen molar-refractivity contribution >= 4 is 39.9 Å². The van der Waals surface area contributed by atoms with Gasteiger partial charge in [0.15, 0.2) is 11.5 Å². The van der Waals surface area contributed by atoms with Crippen molar-refractivity contribution in [3.05, 3.63) is 61.2 Å². The summed E-state index contributed by atoms with van der Waals surface area (Å²) in [4.78, 5) is 10.3. The van der Waals surface area contributed by atoms with Crippen LogP contribution in [-0.4, -0.2) is 18.1 Å². The molecule has 7 heteroatoms. The van der Waals surface area contributed by atoms with Gasteiger partial charge < -0.3 is 9.47 Å². The molecule has 2 aromatic rings. The first-order chi connectivity index (χ1) is 13.0. The Hall–Kier alpha value is -3.04. The van der Waals surface area contributed by atoms with Crippen LogP contribution in [0, 0.1) is 37.4 Å². The van der Waals surface area contributed by atoms with E-state index in [-0.39, 0.29) is 12.3 Å². The summed E-state index contributed by atoms with van der Waals surface area (Å²) in [6.07, 6.45) is 6.94. The van der Waals surface area contributed by atoms with Crippen molar-refractivity contribution in [2.75, 3.05) is 13.2 Å². The molecule has 6 nitrogen and oxygen atoms in total. The molecule has 0 amide bonds. The zero-order chi connectivity index (χ0) is 19.8. The number of nitrogens with zero attached hydrogens (tertiary/aromatic N) is 2. The van der Waals surface area contributed by atoms with Gasteiger partial charge in [-0.05, 0) is 71.0 Å². The number of rotatable bonds is 7. The Kier molecular flexibility index (Phi) is 7.21. The number of terminal acetylenes is 1. The molecule has 0 aliphatic carbocycles. The number of hydrogen-bond acceptors (Lipinski definition) is 5. The number of benzene rings is 2. The molecule has 0 bridgehead atoms. The number of hydrogen-bond donors (Lipinski definition) is 0. The molecule has 136 valence electrons. The summed E-state index contributed by atoms with van der Waals surface area (Å²) < 4.78 is 12.0. The third-order valence-electron chi connectivity index (χ3n) is 3.45. The van der Waals surface area contributed by atoms with Crippen molar-refractivity contribution in [3.8, 4) is 29.9 Å². The van der Waals surface area contributed by atoms with Crippen molar-refractivity contribution < 1.29 is 14.4 Å². The van der Waals surface area contributed by atoms with Crippen LogP contribution in [0.25, 0.3) is 11.6 Å². The molecule has 0 aliphatic heterocycles. The Morgan fingerprint density at radius 2 is 2.04 bits per heavy atom. The van der Waals surface area contributed by atoms with E-state index in [9.17, 15) is 15.4 Å². The van der Waals surface area contributed by atoms with E-state index in [1.165, 1.54) is 12.1 Å². The second kappa shape index (κ2) is 9.60. The Morgan fingerprint density at radius 1 is 1.33 bits per heavy atom. The lowest BCUT2D eigenvalue weighted by atomic mass is 10.0. The number of nitriles is 1. The lowest BCUT2D eigenvalue weighted by molar-refractivity contribution is -0.384. The third kappa shape index (κ3) is 5.22. The zero-order valence-electron chi connectivity index (χ0n) is 14.4. The standard InChI is InChI=1S/C20H15IN2O4/c1-3-9-27-20-18(21)11-14(12-19(20)26-4-2)10-16(13-22)15-5-7-17(8-6-15)23(24)25/h1,5-8,10-12H,4,9H2,2H3/b16-10-. The predicted molar refractivity (Wildman–Crippen MR) is 111 cm³/mol. The molecule has 0 aromatic heterocycles. The minimum Gasteiger partial charge on any atom is -0.490 e. The number of non-ortho nitro benzene ring substituents is 1. The molecule has 27 heavy (non-hydrogen) atoms. The molecular weight excluding hydrogens is 459 g/mol. The summed E-state index contributed by atoms with van der Waals surface area (Å²) in [7, 11) is 0. The van der Waals surface area contributed by atoms with Crippen LogP contribution in [-0.2, 0) is 0 Å². The summed E-state index contributed by atoms with van der Waals surface area (Å²) in [6.45, 7) is 2.43. The summed E-state index contributed by atoms with van der Waals surface area (Å²) in [5.41, 5.74) is 1.68. The highest BCUT2D eigenvalue weighted by molar-refractivity contribution is 14.1. The number of nitro groups is 1. The Bertz CT molecular complexity index is 954. The van der Waals surface area contributed by atoms with E-state index in [1.807, 2.05) is 13.0 Å². The molecule has 0 heterocycles. The van der Waals surface area contributed by atoms with Crippen molar-refractivity contribution in [2.45, 2.75) is 6.92 Å². The molecular formula is C20H15IN2O4. The molecule has 0 spiro atoms. The monoisotopic (exact) mass is 474 g/mol. The smallest absolute Gasteiger partial charge is 0.269 e. The van der Waals surface area contributed by atoms with Gasteiger partial charge in [-0.2, -0.15) is 5.26 Å². The van der Waals surface area contributed by atoms with Gasteiger partial charge >= 0.3 is 0 Å². The highest BCUT2D eigenvalue weighted by Gasteiger charge is 2.13. The molecule has 0 fully saturated rings. The molecule has 0 aliphatic rings. The minimum atomic E-state index is -0.481. The first-order valence-electron chi connectivity index (χ1n) is 7.89. The first-order valence-corrected chi connectivity index (χ1v) is 8.97. The molecule has 2 rings (SSSR count). The van der Waals surface area contributed by atoms with Crippen LogP contribution < -0.4 is 9.47 Å². The molecule has 0 saturated heterocycles. The first kappa shape index (κ1) is 20.3. The number of halogens is 1. The molecule has 0 atom stereocenters. The lowest BCUT2D eigenvalue weighted by Gasteiger charge is -2.13. The Morgan fingerprint density at radius 3 is 2.59 bits per heavy atom. The van der Waals surface area contributed by atoms with Crippen molar-refractivity contribution in [2.24, 2.45) is 0 Å². The van der Waals surface area contributed by atoms with Gasteiger partial charge in [0.05, 0.1) is 26.7 Å². The van der Waals surface area contributed by atoms with Gasteiger partial charge in [0.1, 0.15) is 6.61 Å². The van der Waals surface area contributed by atoms with Gasteiger partial charge in [-0.15, -0.1) is 6.42 Å². The minimum absolute atomic E-state index is 0.0285. The van der Waals surface area contributed by atoms with E-state index >= 15 is 0 Å². The van der Waals surface area contributed by atoms with Crippen LogP contribution in [0.15, 0.2) is 36.4 Å². The lowest BCUT2D eigenvalue weighted by Crippen LogP contribution is -2.01. The van der Waals surface area contributed by atoms with E-state index in [1.54, 1.807) is 24.3 Å². The predicted octanol–water partition coefficient (Wildman–Crippen LogP) is 4.67. The average Bonchev–Trinajstić information content (AvgIpc) is 2.66. The second-order valence-corrected chi connectivity index (χ2v) is 6.39. The van der Waals surface area contributed by atoms with Crippen LogP contribution in [0.2, 0.25) is 0 Å². The van der Waals surface area contributed by atoms with E-state index in [4.69, 9.17) is 15.9 Å². The normalized spacial score (nSPS) is 10.6. The maximum Gasteiger partial charge on any atom is 0.269 e. The van der Waals surface area contributed by atoms with Crippen molar-refractivity contribution in [3.63, 3.8) is 0 Å². The second-order valence-electron chi connectivity index (χ2n) is 5.23. The zero-order valence-corrected chi connectivity index (χ0v) is 16.6. The summed E-state index contributed by atoms with van der Waals surface area (Å²) in [5.74, 6) is 3.51. The van der Waals surface area contributed by atoms with Gasteiger partial charge in [-0.1, -0.05) is 5.92 Å². The number of nitro benzene ring substituents is 1. The van der Waals surface area contributed by atoms with Crippen molar-refractivity contribution in [1.82, 2.24) is 0 Å². The topological polar surface area (TPSA) is 85.4 Å². The highest BCUT2D eigenvalue weighted by Crippen LogP contribution is 2.35. The summed E-state index contributed by atoms with van der Waals surface area (Å²) >= 11 is 2.12. The molecule has 0 unspecified atom stereocenters. The maximum absolute atomic E-state index is 10.8. The Labute approximate surface area is 170 Å². The molecule has 0 N–H and O–H groups in total. The van der Waals surface area contributed by atoms with Crippen molar-refractivity contribution in [1.29, 1.82) is 5.26 Å². The molecule has 0 radical (unpaired) electrons. The largest absolute Gasteiger partial charge is 0.490 e. The van der Waals surface area contributed by atoms with Crippen LogP contribution >= 0.6 is 22.6 Å². The fraction of sp³-hybridized carbons (Fsp3) is 0.150. The fourth-order valence-electron chi connectivity index (χ4n) is 2.30. The van der Waals surface area contributed by atoms with Crippen LogP contribution in [0.1, 0.15) is 18.1 Å². The average molecular weight is 474 g/mol. The van der Waals surface area contributed by atoms with Crippen LogP contribution in [0.5, 0.6) is 11.5 Å². The maximum atomic E-state index is 10.8. The van der Waals surface area contributed by atoms with E-state index in [0.29, 0.717) is 29.2 Å². The van der Waals surface area contributed by atoms with Gasteiger partial charge in [-0.3, -0.25) is 10.1 Å². The van der Waals surface area contributed by atoms with Crippen LogP contribution in [0.3, 0.4) is 0 Å². The quantitative estimate of drug-likeness (QED) is 0.145. The van der Waals surface area contributed by atoms with Crippen LogP contribution in [0.4, 0.5) is 5.69 Å². The SMILES string of the molecule is C#CCOc1c(I)cc(/C=C(/C#N)c2ccc([N+](=O)[O-])cc2)cc1OCC. The van der Waals surface area contributed by atoms with E-state index < -0.39 is 4.92 Å². The van der Waals surface area contributed by atoms with Gasteiger partial charge in [0, 0.05) is 12.1 Å². The number of ether oxygens (including phenoxy) is 2. The van der Waals surface area contributed by atoms with Gasteiger partial charge in [0.2, 0.25) is 0 Å². The van der Waals surface area contributed by atoms with E-state index in [0.717, 1.165) is 9.13 Å². The molecule has 2 aromatic carbocycles. The van der Waals surface area contributed by atoms with Gasteiger partial charge in [0.25, 0.3) is 5.69 Å². The number of allylic oxidation sites excluding steroid dienone is 1. The highest BCUT2D eigenvalue weighted by atomic mass is 127. The summed E-state index contributed by atoms with van der Waals surface area (Å²) in [5, 5.41) is 20.3. The third-order valence-corrected chi connectivity index (χ3v) is 4.25. The fourth-order valence-corrected chi connectivity index (χ4v) is 3.08. The van der Waals surface area contributed by atoms with Gasteiger partial charge in [-0.25, -0.2) is 0 Å². The van der Waals surface area contributed by atoms with E-state index in [2.05, 4.69) is 34.6 Å².